The van der Waals surface area contributed by atoms with Crippen molar-refractivity contribution < 1.29 is 9.59 Å². The molecule has 2 aliphatic heterocycles. The van der Waals surface area contributed by atoms with E-state index in [1.54, 1.807) is 16.7 Å². The molecule has 3 rings (SSSR count). The van der Waals surface area contributed by atoms with Gasteiger partial charge < -0.3 is 15.1 Å². The SMILES string of the molecule is C[C@@H]1C[C@H](C)CN(C[C@H](C)NC(=O)[C@H]2CSCN2C(=O)c2ccccc2)C1. The topological polar surface area (TPSA) is 52.7 Å². The van der Waals surface area contributed by atoms with Crippen LogP contribution in [0.2, 0.25) is 0 Å². The number of thioether (sulfide) groups is 1. The van der Waals surface area contributed by atoms with Gasteiger partial charge in [0.2, 0.25) is 5.91 Å². The summed E-state index contributed by atoms with van der Waals surface area (Å²) < 4.78 is 0. The molecule has 27 heavy (non-hydrogen) atoms. The molecule has 0 aromatic heterocycles. The van der Waals surface area contributed by atoms with Gasteiger partial charge >= 0.3 is 0 Å². The number of rotatable bonds is 5. The Morgan fingerprint density at radius 1 is 1.19 bits per heavy atom. The van der Waals surface area contributed by atoms with Crippen LogP contribution < -0.4 is 5.32 Å². The Morgan fingerprint density at radius 2 is 1.85 bits per heavy atom. The van der Waals surface area contributed by atoms with E-state index in [0.717, 1.165) is 19.6 Å². The predicted octanol–water partition coefficient (Wildman–Crippen LogP) is 2.68. The number of hydrogen-bond acceptors (Lipinski definition) is 4. The highest BCUT2D eigenvalue weighted by Gasteiger charge is 2.35. The molecule has 1 aromatic rings. The predicted molar refractivity (Wildman–Crippen MR) is 111 cm³/mol. The molecule has 2 saturated heterocycles. The molecule has 2 heterocycles. The fourth-order valence-electron chi connectivity index (χ4n) is 4.32. The molecule has 0 saturated carbocycles. The lowest BCUT2D eigenvalue weighted by atomic mass is 9.92. The summed E-state index contributed by atoms with van der Waals surface area (Å²) in [7, 11) is 0. The number of carbonyl (C=O) groups excluding carboxylic acids is 2. The number of nitrogens with one attached hydrogen (secondary N) is 1. The normalized spacial score (nSPS) is 27.4. The van der Waals surface area contributed by atoms with E-state index < -0.39 is 0 Å². The number of hydrogen-bond donors (Lipinski definition) is 1. The number of piperidine rings is 1. The van der Waals surface area contributed by atoms with Gasteiger partial charge in [-0.2, -0.15) is 0 Å². The number of carbonyl (C=O) groups is 2. The van der Waals surface area contributed by atoms with Crippen molar-refractivity contribution in [2.75, 3.05) is 31.3 Å². The van der Waals surface area contributed by atoms with Gasteiger partial charge in [-0.05, 0) is 37.3 Å². The fourth-order valence-corrected chi connectivity index (χ4v) is 5.47. The van der Waals surface area contributed by atoms with Gasteiger partial charge in [0.15, 0.2) is 0 Å². The Morgan fingerprint density at radius 3 is 2.52 bits per heavy atom. The second kappa shape index (κ2) is 9.11. The fraction of sp³-hybridized carbons (Fsp3) is 0.619. The molecule has 148 valence electrons. The molecule has 6 heteroatoms. The Kier molecular flexibility index (Phi) is 6.82. The van der Waals surface area contributed by atoms with Crippen LogP contribution in [-0.4, -0.2) is 65.0 Å². The number of amides is 2. The molecular weight excluding hydrogens is 358 g/mol. The summed E-state index contributed by atoms with van der Waals surface area (Å²) in [6, 6.07) is 8.91. The van der Waals surface area contributed by atoms with Gasteiger partial charge in [0.1, 0.15) is 6.04 Å². The summed E-state index contributed by atoms with van der Waals surface area (Å²) in [5.41, 5.74) is 0.641. The van der Waals surface area contributed by atoms with E-state index in [1.807, 2.05) is 30.3 Å². The van der Waals surface area contributed by atoms with E-state index in [0.29, 0.717) is 29.0 Å². The maximum Gasteiger partial charge on any atom is 0.255 e. The van der Waals surface area contributed by atoms with E-state index >= 15 is 0 Å². The van der Waals surface area contributed by atoms with Crippen LogP contribution in [0.4, 0.5) is 0 Å². The van der Waals surface area contributed by atoms with Crippen molar-refractivity contribution in [1.82, 2.24) is 15.1 Å². The average molecular weight is 390 g/mol. The Hall–Kier alpha value is -1.53. The largest absolute Gasteiger partial charge is 0.351 e. The highest BCUT2D eigenvalue weighted by Crippen LogP contribution is 2.24. The van der Waals surface area contributed by atoms with Crippen LogP contribution in [0.15, 0.2) is 30.3 Å². The minimum Gasteiger partial charge on any atom is -0.351 e. The molecule has 4 atom stereocenters. The van der Waals surface area contributed by atoms with E-state index in [2.05, 4.69) is 31.0 Å². The summed E-state index contributed by atoms with van der Waals surface area (Å²) in [4.78, 5) is 29.8. The van der Waals surface area contributed by atoms with Crippen molar-refractivity contribution in [3.05, 3.63) is 35.9 Å². The zero-order valence-electron chi connectivity index (χ0n) is 16.6. The van der Waals surface area contributed by atoms with Crippen molar-refractivity contribution in [3.63, 3.8) is 0 Å². The molecule has 0 aliphatic carbocycles. The first-order valence-electron chi connectivity index (χ1n) is 9.90. The van der Waals surface area contributed by atoms with E-state index in [4.69, 9.17) is 0 Å². The third-order valence-electron chi connectivity index (χ3n) is 5.33. The smallest absolute Gasteiger partial charge is 0.255 e. The number of likely N-dealkylation sites (tertiary alicyclic amines) is 1. The van der Waals surface area contributed by atoms with Crippen molar-refractivity contribution in [2.45, 2.75) is 39.3 Å². The van der Waals surface area contributed by atoms with Crippen LogP contribution in [0.25, 0.3) is 0 Å². The summed E-state index contributed by atoms with van der Waals surface area (Å²) in [6.45, 7) is 9.73. The first-order valence-corrected chi connectivity index (χ1v) is 11.1. The third-order valence-corrected chi connectivity index (χ3v) is 6.34. The van der Waals surface area contributed by atoms with E-state index in [9.17, 15) is 9.59 Å². The molecule has 0 spiro atoms. The lowest BCUT2D eigenvalue weighted by Gasteiger charge is -2.36. The molecule has 1 aromatic carbocycles. The van der Waals surface area contributed by atoms with Crippen LogP contribution in [0, 0.1) is 11.8 Å². The first kappa shape index (κ1) is 20.2. The van der Waals surface area contributed by atoms with Crippen LogP contribution in [0.5, 0.6) is 0 Å². The second-order valence-corrected chi connectivity index (χ2v) is 9.23. The van der Waals surface area contributed by atoms with Crippen LogP contribution in [-0.2, 0) is 4.79 Å². The molecular formula is C21H31N3O2S. The first-order chi connectivity index (χ1) is 12.9. The minimum absolute atomic E-state index is 0.0325. The molecule has 2 aliphatic rings. The van der Waals surface area contributed by atoms with Gasteiger partial charge in [0, 0.05) is 37.0 Å². The number of nitrogens with zero attached hydrogens (tertiary/aromatic N) is 2. The molecule has 0 bridgehead atoms. The Balaban J connectivity index is 1.55. The molecule has 1 N–H and O–H groups in total. The van der Waals surface area contributed by atoms with E-state index in [-0.39, 0.29) is 23.9 Å². The molecule has 2 amide bonds. The maximum absolute atomic E-state index is 12.8. The summed E-state index contributed by atoms with van der Waals surface area (Å²) in [5, 5.41) is 3.15. The maximum atomic E-state index is 12.8. The average Bonchev–Trinajstić information content (AvgIpc) is 3.10. The van der Waals surface area contributed by atoms with Gasteiger partial charge in [0.05, 0.1) is 5.88 Å². The lowest BCUT2D eigenvalue weighted by Crippen LogP contribution is -2.52. The highest BCUT2D eigenvalue weighted by atomic mass is 32.2. The van der Waals surface area contributed by atoms with Gasteiger partial charge in [-0.25, -0.2) is 0 Å². The standard InChI is InChI=1S/C21H31N3O2S/c1-15-9-16(2)11-23(10-15)12-17(3)22-20(25)19-13-27-14-24(19)21(26)18-7-5-4-6-8-18/h4-8,15-17,19H,9-14H2,1-3H3,(H,22,25)/t15-,16+,17-,19+/m0/s1. The molecule has 5 nitrogen and oxygen atoms in total. The minimum atomic E-state index is -0.385. The van der Waals surface area contributed by atoms with Crippen molar-refractivity contribution in [3.8, 4) is 0 Å². The summed E-state index contributed by atoms with van der Waals surface area (Å²) in [5.74, 6) is 2.56. The molecule has 0 unspecified atom stereocenters. The summed E-state index contributed by atoms with van der Waals surface area (Å²) in [6.07, 6.45) is 1.28. The molecule has 2 fully saturated rings. The van der Waals surface area contributed by atoms with Gasteiger partial charge in [-0.3, -0.25) is 9.59 Å². The lowest BCUT2D eigenvalue weighted by molar-refractivity contribution is -0.125. The Bertz CT molecular complexity index is 644. The van der Waals surface area contributed by atoms with Crippen LogP contribution >= 0.6 is 11.8 Å². The van der Waals surface area contributed by atoms with Gasteiger partial charge in [-0.15, -0.1) is 11.8 Å². The van der Waals surface area contributed by atoms with Crippen molar-refractivity contribution in [2.24, 2.45) is 11.8 Å². The van der Waals surface area contributed by atoms with Gasteiger partial charge in [-0.1, -0.05) is 32.0 Å². The number of benzene rings is 1. The second-order valence-electron chi connectivity index (χ2n) is 8.23. The monoisotopic (exact) mass is 389 g/mol. The van der Waals surface area contributed by atoms with Crippen LogP contribution in [0.3, 0.4) is 0 Å². The zero-order chi connectivity index (χ0) is 19.4. The quantitative estimate of drug-likeness (QED) is 0.841. The summed E-state index contributed by atoms with van der Waals surface area (Å²) >= 11 is 1.64. The third kappa shape index (κ3) is 5.26. The Labute approximate surface area is 166 Å². The van der Waals surface area contributed by atoms with E-state index in [1.165, 1.54) is 6.42 Å². The molecule has 0 radical (unpaired) electrons. The van der Waals surface area contributed by atoms with Crippen LogP contribution in [0.1, 0.15) is 37.6 Å². The van der Waals surface area contributed by atoms with Gasteiger partial charge in [0.25, 0.3) is 5.91 Å². The highest BCUT2D eigenvalue weighted by molar-refractivity contribution is 7.99. The van der Waals surface area contributed by atoms with Crippen molar-refractivity contribution in [1.29, 1.82) is 0 Å². The van der Waals surface area contributed by atoms with Crippen molar-refractivity contribution >= 4 is 23.6 Å². The zero-order valence-corrected chi connectivity index (χ0v) is 17.4.